The lowest BCUT2D eigenvalue weighted by Gasteiger charge is -2.23. The number of benzene rings is 1. The van der Waals surface area contributed by atoms with Crippen molar-refractivity contribution in [3.8, 4) is 11.3 Å². The minimum Gasteiger partial charge on any atom is -0.464 e. The van der Waals surface area contributed by atoms with Crippen LogP contribution in [0.3, 0.4) is 0 Å². The number of aromatic nitrogens is 1. The summed E-state index contributed by atoms with van der Waals surface area (Å²) in [5.74, 6) is 0.945. The molecule has 0 aliphatic heterocycles. The summed E-state index contributed by atoms with van der Waals surface area (Å²) in [5, 5.41) is 0. The second-order valence-corrected chi connectivity index (χ2v) is 6.13. The van der Waals surface area contributed by atoms with Gasteiger partial charge in [-0.3, -0.25) is 9.88 Å². The van der Waals surface area contributed by atoms with Crippen LogP contribution in [-0.2, 0) is 13.1 Å². The van der Waals surface area contributed by atoms with Gasteiger partial charge < -0.3 is 4.42 Å². The summed E-state index contributed by atoms with van der Waals surface area (Å²) < 4.78 is 5.61. The summed E-state index contributed by atoms with van der Waals surface area (Å²) in [5.41, 5.74) is 3.84. The molecule has 0 unspecified atom stereocenters. The van der Waals surface area contributed by atoms with Crippen LogP contribution in [0, 0.1) is 0 Å². The molecule has 3 nitrogen and oxygen atoms in total. The van der Waals surface area contributed by atoms with E-state index in [1.54, 1.807) is 6.26 Å². The first-order chi connectivity index (χ1) is 11.4. The maximum atomic E-state index is 5.61. The number of pyridine rings is 1. The molecule has 1 aliphatic rings. The lowest BCUT2D eigenvalue weighted by atomic mass is 10.0. The smallest absolute Gasteiger partial charge is 0.134 e. The van der Waals surface area contributed by atoms with Gasteiger partial charge in [0.25, 0.3) is 0 Å². The fourth-order valence-corrected chi connectivity index (χ4v) is 3.03. The highest BCUT2D eigenvalue weighted by molar-refractivity contribution is 5.61. The summed E-state index contributed by atoms with van der Waals surface area (Å²) in [6, 6.07) is 17.4. The largest absolute Gasteiger partial charge is 0.464 e. The highest BCUT2D eigenvalue weighted by Gasteiger charge is 2.29. The van der Waals surface area contributed by atoms with Crippen molar-refractivity contribution in [2.45, 2.75) is 32.0 Å². The molecule has 23 heavy (non-hydrogen) atoms. The molecule has 2 heterocycles. The maximum Gasteiger partial charge on any atom is 0.134 e. The van der Waals surface area contributed by atoms with Crippen molar-refractivity contribution in [1.82, 2.24) is 9.88 Å². The first-order valence-electron chi connectivity index (χ1n) is 8.15. The Morgan fingerprint density at radius 3 is 2.52 bits per heavy atom. The van der Waals surface area contributed by atoms with Crippen molar-refractivity contribution in [3.63, 3.8) is 0 Å². The van der Waals surface area contributed by atoms with E-state index in [4.69, 9.17) is 4.42 Å². The highest BCUT2D eigenvalue weighted by Crippen LogP contribution is 2.32. The third kappa shape index (κ3) is 3.35. The zero-order valence-electron chi connectivity index (χ0n) is 13.1. The van der Waals surface area contributed by atoms with E-state index in [2.05, 4.69) is 46.3 Å². The van der Waals surface area contributed by atoms with Gasteiger partial charge in [0, 0.05) is 37.1 Å². The standard InChI is InChI=1S/C20H20N2O/c1-2-5-19(20-6-3-13-23-20)17(4-1)15-22(18-7-8-18)14-16-9-11-21-12-10-16/h1-6,9-13,18H,7-8,14-15H2. The van der Waals surface area contributed by atoms with Crippen molar-refractivity contribution in [2.24, 2.45) is 0 Å². The van der Waals surface area contributed by atoms with Crippen LogP contribution in [0.25, 0.3) is 11.3 Å². The Morgan fingerprint density at radius 1 is 0.957 bits per heavy atom. The average molecular weight is 304 g/mol. The van der Waals surface area contributed by atoms with E-state index in [-0.39, 0.29) is 0 Å². The second kappa shape index (κ2) is 6.39. The number of hydrogen-bond acceptors (Lipinski definition) is 3. The highest BCUT2D eigenvalue weighted by atomic mass is 16.3. The van der Waals surface area contributed by atoms with E-state index in [9.17, 15) is 0 Å². The quantitative estimate of drug-likeness (QED) is 0.671. The van der Waals surface area contributed by atoms with E-state index in [0.717, 1.165) is 18.8 Å². The van der Waals surface area contributed by atoms with Gasteiger partial charge in [0.05, 0.1) is 6.26 Å². The van der Waals surface area contributed by atoms with Gasteiger partial charge in [-0.15, -0.1) is 0 Å². The molecule has 1 aliphatic carbocycles. The summed E-state index contributed by atoms with van der Waals surface area (Å²) in [6.07, 6.45) is 8.08. The SMILES string of the molecule is c1coc(-c2ccccc2CN(Cc2ccncc2)C2CC2)c1. The summed E-state index contributed by atoms with van der Waals surface area (Å²) in [7, 11) is 0. The Labute approximate surface area is 136 Å². The number of hydrogen-bond donors (Lipinski definition) is 0. The Balaban J connectivity index is 1.58. The molecule has 2 aromatic heterocycles. The molecular formula is C20H20N2O. The maximum absolute atomic E-state index is 5.61. The Morgan fingerprint density at radius 2 is 1.78 bits per heavy atom. The first kappa shape index (κ1) is 14.2. The molecule has 0 spiro atoms. The first-order valence-corrected chi connectivity index (χ1v) is 8.15. The van der Waals surface area contributed by atoms with Gasteiger partial charge in [-0.25, -0.2) is 0 Å². The molecule has 0 amide bonds. The molecule has 1 fully saturated rings. The zero-order chi connectivity index (χ0) is 15.5. The van der Waals surface area contributed by atoms with Gasteiger partial charge in [-0.05, 0) is 48.2 Å². The van der Waals surface area contributed by atoms with E-state index in [0.29, 0.717) is 6.04 Å². The van der Waals surface area contributed by atoms with Crippen molar-refractivity contribution in [1.29, 1.82) is 0 Å². The van der Waals surface area contributed by atoms with Gasteiger partial charge in [0.1, 0.15) is 5.76 Å². The van der Waals surface area contributed by atoms with Crippen LogP contribution in [-0.4, -0.2) is 15.9 Å². The molecule has 0 atom stereocenters. The van der Waals surface area contributed by atoms with Crippen molar-refractivity contribution < 1.29 is 4.42 Å². The molecule has 0 radical (unpaired) electrons. The molecule has 0 saturated heterocycles. The summed E-state index contributed by atoms with van der Waals surface area (Å²) in [4.78, 5) is 6.68. The normalized spacial score (nSPS) is 14.3. The van der Waals surface area contributed by atoms with E-state index in [1.165, 1.54) is 29.5 Å². The van der Waals surface area contributed by atoms with Gasteiger partial charge in [-0.2, -0.15) is 0 Å². The number of rotatable bonds is 6. The molecule has 3 aromatic rings. The van der Waals surface area contributed by atoms with Gasteiger partial charge in [0.15, 0.2) is 0 Å². The molecule has 116 valence electrons. The van der Waals surface area contributed by atoms with Crippen LogP contribution in [0.1, 0.15) is 24.0 Å². The minimum absolute atomic E-state index is 0.702. The van der Waals surface area contributed by atoms with Crippen LogP contribution in [0.15, 0.2) is 71.6 Å². The van der Waals surface area contributed by atoms with Crippen LogP contribution < -0.4 is 0 Å². The third-order valence-electron chi connectivity index (χ3n) is 4.38. The zero-order valence-corrected chi connectivity index (χ0v) is 13.1. The van der Waals surface area contributed by atoms with Gasteiger partial charge in [0.2, 0.25) is 0 Å². The van der Waals surface area contributed by atoms with Crippen LogP contribution >= 0.6 is 0 Å². The predicted molar refractivity (Wildman–Crippen MR) is 90.7 cm³/mol. The Kier molecular flexibility index (Phi) is 3.95. The fraction of sp³-hybridized carbons (Fsp3) is 0.250. The summed E-state index contributed by atoms with van der Waals surface area (Å²) >= 11 is 0. The van der Waals surface area contributed by atoms with Gasteiger partial charge in [-0.1, -0.05) is 24.3 Å². The molecule has 1 aromatic carbocycles. The topological polar surface area (TPSA) is 29.3 Å². The molecule has 0 N–H and O–H groups in total. The Hall–Kier alpha value is -2.39. The van der Waals surface area contributed by atoms with E-state index in [1.807, 2.05) is 24.5 Å². The third-order valence-corrected chi connectivity index (χ3v) is 4.38. The van der Waals surface area contributed by atoms with E-state index >= 15 is 0 Å². The van der Waals surface area contributed by atoms with Crippen LogP contribution in [0.4, 0.5) is 0 Å². The molecule has 1 saturated carbocycles. The van der Waals surface area contributed by atoms with E-state index < -0.39 is 0 Å². The number of furan rings is 1. The van der Waals surface area contributed by atoms with Crippen LogP contribution in [0.5, 0.6) is 0 Å². The molecular weight excluding hydrogens is 284 g/mol. The molecule has 3 heteroatoms. The molecule has 4 rings (SSSR count). The predicted octanol–water partition coefficient (Wildman–Crippen LogP) is 4.51. The van der Waals surface area contributed by atoms with Crippen molar-refractivity contribution >= 4 is 0 Å². The minimum atomic E-state index is 0.702. The van der Waals surface area contributed by atoms with Crippen LogP contribution in [0.2, 0.25) is 0 Å². The lowest BCUT2D eigenvalue weighted by Crippen LogP contribution is -2.25. The second-order valence-electron chi connectivity index (χ2n) is 6.13. The summed E-state index contributed by atoms with van der Waals surface area (Å²) in [6.45, 7) is 1.92. The average Bonchev–Trinajstić information content (AvgIpc) is 3.30. The van der Waals surface area contributed by atoms with Crippen molar-refractivity contribution in [2.75, 3.05) is 0 Å². The monoisotopic (exact) mass is 304 g/mol. The number of nitrogens with zero attached hydrogens (tertiary/aromatic N) is 2. The fourth-order valence-electron chi connectivity index (χ4n) is 3.03. The molecule has 0 bridgehead atoms. The Bertz CT molecular complexity index is 748. The van der Waals surface area contributed by atoms with Gasteiger partial charge >= 0.3 is 0 Å². The lowest BCUT2D eigenvalue weighted by molar-refractivity contribution is 0.246. The van der Waals surface area contributed by atoms with Crippen molar-refractivity contribution in [3.05, 3.63) is 78.3 Å².